The molecule has 2 rings (SSSR count). The maximum absolute atomic E-state index is 5.36. The second-order valence-corrected chi connectivity index (χ2v) is 3.51. The third-order valence-corrected chi connectivity index (χ3v) is 2.55. The molecule has 2 N–H and O–H groups in total. The molecule has 0 bridgehead atoms. The van der Waals surface area contributed by atoms with Crippen LogP contribution in [0.2, 0.25) is 0 Å². The predicted molar refractivity (Wildman–Crippen MR) is 54.4 cm³/mol. The van der Waals surface area contributed by atoms with E-state index in [-0.39, 0.29) is 0 Å². The highest BCUT2D eigenvalue weighted by molar-refractivity contribution is 5.36. The fourth-order valence-electron chi connectivity index (χ4n) is 1.79. The number of hydrogen-bond acceptors (Lipinski definition) is 4. The van der Waals surface area contributed by atoms with Gasteiger partial charge in [-0.3, -0.25) is 0 Å². The largest absolute Gasteiger partial charge is 0.353 e. The van der Waals surface area contributed by atoms with Gasteiger partial charge in [-0.05, 0) is 12.8 Å². The molecule has 76 valence electrons. The van der Waals surface area contributed by atoms with Gasteiger partial charge in [0.05, 0.1) is 0 Å². The highest BCUT2D eigenvalue weighted by Gasteiger charge is 2.15. The minimum atomic E-state index is 0.745. The van der Waals surface area contributed by atoms with Crippen molar-refractivity contribution in [2.75, 3.05) is 18.0 Å². The summed E-state index contributed by atoms with van der Waals surface area (Å²) in [4.78, 5) is 6.55. The fraction of sp³-hybridized carbons (Fsp3) is 0.556. The van der Waals surface area contributed by atoms with E-state index in [1.54, 1.807) is 6.20 Å². The Morgan fingerprint density at radius 2 is 2.14 bits per heavy atom. The van der Waals surface area contributed by atoms with Gasteiger partial charge in [0.2, 0.25) is 0 Å². The molecule has 1 aliphatic heterocycles. The van der Waals surface area contributed by atoms with Crippen LogP contribution >= 0.6 is 0 Å². The van der Waals surface area contributed by atoms with Gasteiger partial charge in [-0.25, -0.2) is 4.98 Å². The lowest BCUT2D eigenvalue weighted by Gasteiger charge is -2.16. The van der Waals surface area contributed by atoms with E-state index in [0.29, 0.717) is 0 Å². The molecule has 14 heavy (non-hydrogen) atoms. The van der Waals surface area contributed by atoms with E-state index in [1.165, 1.54) is 12.8 Å². The van der Waals surface area contributed by atoms with E-state index >= 15 is 0 Å². The first kappa shape index (κ1) is 9.05. The Kier molecular flexibility index (Phi) is 2.39. The van der Waals surface area contributed by atoms with Gasteiger partial charge in [0.25, 0.3) is 0 Å². The van der Waals surface area contributed by atoms with Gasteiger partial charge < -0.3 is 15.3 Å². The first-order chi connectivity index (χ1) is 6.83. The molecule has 0 aliphatic carbocycles. The normalized spacial score (nSPS) is 17.8. The van der Waals surface area contributed by atoms with E-state index in [4.69, 9.17) is 5.84 Å². The number of hydrogen-bond donors (Lipinski definition) is 1. The Hall–Kier alpha value is -1.52. The van der Waals surface area contributed by atoms with E-state index in [2.05, 4.69) is 15.0 Å². The SMILES string of the molecule is Cn1ccnc(N2CCCC2)c1=NN. The van der Waals surface area contributed by atoms with Crippen LogP contribution in [0.3, 0.4) is 0 Å². The molecule has 5 heteroatoms. The van der Waals surface area contributed by atoms with Crippen LogP contribution in [0, 0.1) is 0 Å². The molecule has 1 fully saturated rings. The topological polar surface area (TPSA) is 59.4 Å². The maximum atomic E-state index is 5.36. The molecule has 1 saturated heterocycles. The van der Waals surface area contributed by atoms with Crippen LogP contribution in [-0.2, 0) is 7.05 Å². The first-order valence-corrected chi connectivity index (χ1v) is 4.83. The molecule has 0 radical (unpaired) electrons. The van der Waals surface area contributed by atoms with Crippen molar-refractivity contribution in [2.45, 2.75) is 12.8 Å². The third-order valence-electron chi connectivity index (χ3n) is 2.55. The van der Waals surface area contributed by atoms with E-state index in [1.807, 2.05) is 17.8 Å². The molecule has 0 saturated carbocycles. The lowest BCUT2D eigenvalue weighted by molar-refractivity contribution is 0.775. The molecule has 0 atom stereocenters. The summed E-state index contributed by atoms with van der Waals surface area (Å²) in [5.74, 6) is 6.25. The highest BCUT2D eigenvalue weighted by Crippen LogP contribution is 2.12. The van der Waals surface area contributed by atoms with Crippen LogP contribution in [0.4, 0.5) is 5.82 Å². The summed E-state index contributed by atoms with van der Waals surface area (Å²) in [5.41, 5.74) is 0.745. The number of anilines is 1. The smallest absolute Gasteiger partial charge is 0.194 e. The molecule has 0 amide bonds. The zero-order valence-corrected chi connectivity index (χ0v) is 8.35. The summed E-state index contributed by atoms with van der Waals surface area (Å²) in [6.07, 6.45) is 6.09. The number of aromatic nitrogens is 2. The minimum absolute atomic E-state index is 0.745. The molecule has 0 spiro atoms. The molecular formula is C9H15N5. The van der Waals surface area contributed by atoms with Crippen LogP contribution in [0.1, 0.15) is 12.8 Å². The quantitative estimate of drug-likeness (QED) is 0.496. The Morgan fingerprint density at radius 1 is 1.43 bits per heavy atom. The van der Waals surface area contributed by atoms with Crippen molar-refractivity contribution in [1.29, 1.82) is 0 Å². The zero-order chi connectivity index (χ0) is 9.97. The molecular weight excluding hydrogens is 178 g/mol. The third kappa shape index (κ3) is 1.45. The van der Waals surface area contributed by atoms with E-state index < -0.39 is 0 Å². The molecule has 1 aliphatic rings. The van der Waals surface area contributed by atoms with Crippen molar-refractivity contribution in [1.82, 2.24) is 9.55 Å². The Morgan fingerprint density at radius 3 is 2.79 bits per heavy atom. The van der Waals surface area contributed by atoms with Crippen molar-refractivity contribution in [3.63, 3.8) is 0 Å². The van der Waals surface area contributed by atoms with Crippen LogP contribution in [0.15, 0.2) is 17.5 Å². The van der Waals surface area contributed by atoms with Crippen LogP contribution < -0.4 is 16.2 Å². The summed E-state index contributed by atoms with van der Waals surface area (Å²) in [6, 6.07) is 0. The van der Waals surface area contributed by atoms with Crippen LogP contribution in [-0.4, -0.2) is 22.6 Å². The summed E-state index contributed by atoms with van der Waals surface area (Å²) in [5, 5.41) is 3.77. The maximum Gasteiger partial charge on any atom is 0.194 e. The molecule has 5 nitrogen and oxygen atoms in total. The Labute approximate surface area is 82.9 Å². The zero-order valence-electron chi connectivity index (χ0n) is 8.35. The summed E-state index contributed by atoms with van der Waals surface area (Å²) in [6.45, 7) is 2.11. The first-order valence-electron chi connectivity index (χ1n) is 4.83. The number of aryl methyl sites for hydroxylation is 1. The van der Waals surface area contributed by atoms with Crippen molar-refractivity contribution in [3.8, 4) is 0 Å². The van der Waals surface area contributed by atoms with Crippen molar-refractivity contribution < 1.29 is 0 Å². The second-order valence-electron chi connectivity index (χ2n) is 3.51. The van der Waals surface area contributed by atoms with Gasteiger partial charge in [0.1, 0.15) is 0 Å². The second kappa shape index (κ2) is 3.69. The molecule has 0 unspecified atom stereocenters. The van der Waals surface area contributed by atoms with Crippen LogP contribution in [0.25, 0.3) is 0 Å². The summed E-state index contributed by atoms with van der Waals surface area (Å²) >= 11 is 0. The van der Waals surface area contributed by atoms with Crippen LogP contribution in [0.5, 0.6) is 0 Å². The Bertz CT molecular complexity index is 375. The van der Waals surface area contributed by atoms with Crippen molar-refractivity contribution >= 4 is 5.82 Å². The molecule has 0 aromatic carbocycles. The summed E-state index contributed by atoms with van der Waals surface area (Å²) in [7, 11) is 1.92. The highest BCUT2D eigenvalue weighted by atomic mass is 15.3. The number of rotatable bonds is 1. The van der Waals surface area contributed by atoms with E-state index in [9.17, 15) is 0 Å². The average molecular weight is 193 g/mol. The van der Waals surface area contributed by atoms with Gasteiger partial charge in [-0.1, -0.05) is 0 Å². The molecule has 2 heterocycles. The van der Waals surface area contributed by atoms with Gasteiger partial charge in [0, 0.05) is 32.5 Å². The lowest BCUT2D eigenvalue weighted by atomic mass is 10.4. The standard InChI is InChI=1S/C9H15N5/c1-13-7-4-11-8(9(13)12-10)14-5-2-3-6-14/h4,7H,2-3,5-6,10H2,1H3. The van der Waals surface area contributed by atoms with Gasteiger partial charge >= 0.3 is 0 Å². The molecule has 1 aromatic rings. The molecule has 1 aromatic heterocycles. The fourth-order valence-corrected chi connectivity index (χ4v) is 1.79. The summed E-state index contributed by atoms with van der Waals surface area (Å²) < 4.78 is 1.89. The van der Waals surface area contributed by atoms with Crippen molar-refractivity contribution in [2.24, 2.45) is 18.0 Å². The van der Waals surface area contributed by atoms with E-state index in [0.717, 1.165) is 24.4 Å². The lowest BCUT2D eigenvalue weighted by Crippen LogP contribution is -2.31. The average Bonchev–Trinajstić information content (AvgIpc) is 2.70. The van der Waals surface area contributed by atoms with Gasteiger partial charge in [0.15, 0.2) is 11.3 Å². The minimum Gasteiger partial charge on any atom is -0.353 e. The van der Waals surface area contributed by atoms with Gasteiger partial charge in [-0.15, -0.1) is 0 Å². The number of nitrogens with zero attached hydrogens (tertiary/aromatic N) is 4. The number of nitrogens with two attached hydrogens (primary N) is 1. The Balaban J connectivity index is 2.46. The predicted octanol–water partition coefficient (Wildman–Crippen LogP) is -0.205. The monoisotopic (exact) mass is 193 g/mol. The van der Waals surface area contributed by atoms with Gasteiger partial charge in [-0.2, -0.15) is 5.10 Å². The van der Waals surface area contributed by atoms with Crippen molar-refractivity contribution in [3.05, 3.63) is 17.9 Å².